The second-order valence-corrected chi connectivity index (χ2v) is 17.2. The summed E-state index contributed by atoms with van der Waals surface area (Å²) in [7, 11) is -1.24. The number of rotatable bonds is 6. The summed E-state index contributed by atoms with van der Waals surface area (Å²) in [5, 5.41) is 4.46. The van der Waals surface area contributed by atoms with Gasteiger partial charge in [0.15, 0.2) is 0 Å². The lowest BCUT2D eigenvalue weighted by Crippen LogP contribution is -2.25. The molecule has 2 heteroatoms. The highest BCUT2D eigenvalue weighted by molar-refractivity contribution is 8.39. The molecule has 0 bridgehead atoms. The van der Waals surface area contributed by atoms with Crippen LogP contribution in [-0.4, -0.2) is 5.16 Å². The van der Waals surface area contributed by atoms with E-state index in [9.17, 15) is 0 Å². The largest absolute Gasteiger partial charge is 0.0622 e. The first-order chi connectivity index (χ1) is 18.3. The highest BCUT2D eigenvalue weighted by Crippen LogP contribution is 2.73. The van der Waals surface area contributed by atoms with Crippen LogP contribution >= 0.6 is 15.2 Å². The van der Waals surface area contributed by atoms with E-state index < -0.39 is 15.2 Å². The molecule has 0 spiro atoms. The van der Waals surface area contributed by atoms with Crippen LogP contribution < -0.4 is 15.9 Å². The first-order valence-electron chi connectivity index (χ1n) is 13.2. The lowest BCUT2D eigenvalue weighted by atomic mass is 9.97. The molecule has 0 saturated heterocycles. The predicted octanol–water partition coefficient (Wildman–Crippen LogP) is 9.39. The second kappa shape index (κ2) is 11.4. The highest BCUT2D eigenvalue weighted by Gasteiger charge is 2.37. The maximum Gasteiger partial charge on any atom is -0.00648 e. The zero-order valence-corrected chi connectivity index (χ0v) is 24.7. The molecule has 0 unspecified atom stereocenters. The third-order valence-corrected chi connectivity index (χ3v) is 16.0. The summed E-state index contributed by atoms with van der Waals surface area (Å²) in [6.45, 7) is 11.8. The SMILES string of the molecule is Cc1ccc[c]c1-c1c(C)cccc1[P@@]([P@@](c1ccccc1)c1ccc(-c2ccccc2)cc1)C(C)(C)C. The lowest BCUT2D eigenvalue weighted by Gasteiger charge is -2.40. The van der Waals surface area contributed by atoms with Crippen molar-refractivity contribution >= 4 is 31.1 Å². The van der Waals surface area contributed by atoms with Crippen molar-refractivity contribution in [2.45, 2.75) is 39.8 Å². The van der Waals surface area contributed by atoms with Crippen molar-refractivity contribution < 1.29 is 0 Å². The van der Waals surface area contributed by atoms with E-state index in [0.29, 0.717) is 0 Å². The minimum absolute atomic E-state index is 0.0974. The van der Waals surface area contributed by atoms with Gasteiger partial charge in [-0.3, -0.25) is 0 Å². The van der Waals surface area contributed by atoms with E-state index in [1.165, 1.54) is 49.3 Å². The molecular weight excluding hydrogens is 494 g/mol. The molecule has 5 aromatic rings. The minimum atomic E-state index is -0.638. The number of hydrogen-bond acceptors (Lipinski definition) is 0. The van der Waals surface area contributed by atoms with Gasteiger partial charge in [-0.05, 0) is 89.6 Å². The number of aryl methyl sites for hydroxylation is 2. The average molecular weight is 530 g/mol. The van der Waals surface area contributed by atoms with Crippen molar-refractivity contribution in [1.82, 2.24) is 0 Å². The van der Waals surface area contributed by atoms with Gasteiger partial charge in [0, 0.05) is 0 Å². The van der Waals surface area contributed by atoms with E-state index in [1.54, 1.807) is 0 Å². The molecule has 0 fully saturated rings. The summed E-state index contributed by atoms with van der Waals surface area (Å²) in [4.78, 5) is 0. The Bertz CT molecular complexity index is 1500. The molecule has 0 aromatic heterocycles. The Morgan fingerprint density at radius 3 is 1.76 bits per heavy atom. The molecule has 0 nitrogen and oxygen atoms in total. The molecule has 0 N–H and O–H groups in total. The number of benzene rings is 5. The van der Waals surface area contributed by atoms with Gasteiger partial charge < -0.3 is 0 Å². The lowest BCUT2D eigenvalue weighted by molar-refractivity contribution is 0.796. The third kappa shape index (κ3) is 5.54. The van der Waals surface area contributed by atoms with Gasteiger partial charge in [0.25, 0.3) is 0 Å². The molecule has 0 aliphatic carbocycles. The molecule has 0 aliphatic heterocycles. The van der Waals surface area contributed by atoms with Crippen molar-refractivity contribution in [3.05, 3.63) is 139 Å². The van der Waals surface area contributed by atoms with Crippen molar-refractivity contribution in [2.24, 2.45) is 0 Å². The molecular formula is C36H35P2. The van der Waals surface area contributed by atoms with E-state index in [2.05, 4.69) is 162 Å². The van der Waals surface area contributed by atoms with Crippen LogP contribution in [0.5, 0.6) is 0 Å². The standard InChI is InChI=1S/C36H35P2/c1-27-15-12-13-21-33(27)35-28(2)16-14-22-34(35)38(36(3,4)5)37(31-19-10-7-11-20-31)32-25-23-30(24-26-32)29-17-8-6-9-18-29/h6-20,22-26H,1-5H3/t37-,38+/m0/s1. The summed E-state index contributed by atoms with van der Waals surface area (Å²) in [5.41, 5.74) is 7.74. The molecule has 0 aliphatic rings. The first-order valence-corrected chi connectivity index (χ1v) is 16.6. The van der Waals surface area contributed by atoms with Crippen LogP contribution in [0, 0.1) is 19.9 Å². The monoisotopic (exact) mass is 529 g/mol. The zero-order chi connectivity index (χ0) is 26.7. The third-order valence-electron chi connectivity index (χ3n) is 6.85. The van der Waals surface area contributed by atoms with Crippen LogP contribution in [0.2, 0.25) is 0 Å². The first kappa shape index (κ1) is 26.6. The normalized spacial score (nSPS) is 13.2. The fourth-order valence-corrected chi connectivity index (χ4v) is 14.1. The van der Waals surface area contributed by atoms with Gasteiger partial charge in [-0.25, -0.2) is 0 Å². The topological polar surface area (TPSA) is 0 Å². The summed E-state index contributed by atoms with van der Waals surface area (Å²) in [5.74, 6) is 0. The number of hydrogen-bond donors (Lipinski definition) is 0. The Labute approximate surface area is 231 Å². The molecule has 38 heavy (non-hydrogen) atoms. The summed E-state index contributed by atoms with van der Waals surface area (Å²) < 4.78 is 0. The second-order valence-electron chi connectivity index (χ2n) is 10.7. The van der Waals surface area contributed by atoms with Gasteiger partial charge in [0.2, 0.25) is 0 Å². The van der Waals surface area contributed by atoms with Crippen molar-refractivity contribution in [1.29, 1.82) is 0 Å². The molecule has 189 valence electrons. The van der Waals surface area contributed by atoms with Crippen LogP contribution in [0.4, 0.5) is 0 Å². The molecule has 0 heterocycles. The maximum atomic E-state index is 3.60. The van der Waals surface area contributed by atoms with Crippen molar-refractivity contribution in [3.63, 3.8) is 0 Å². The van der Waals surface area contributed by atoms with E-state index in [0.717, 1.165) is 0 Å². The Morgan fingerprint density at radius 1 is 0.553 bits per heavy atom. The van der Waals surface area contributed by atoms with Gasteiger partial charge in [-0.2, -0.15) is 0 Å². The van der Waals surface area contributed by atoms with Crippen LogP contribution in [0.25, 0.3) is 22.3 Å². The van der Waals surface area contributed by atoms with E-state index in [-0.39, 0.29) is 5.16 Å². The van der Waals surface area contributed by atoms with Gasteiger partial charge in [0.05, 0.1) is 0 Å². The van der Waals surface area contributed by atoms with Crippen LogP contribution in [0.15, 0.2) is 121 Å². The van der Waals surface area contributed by atoms with Gasteiger partial charge in [-0.1, -0.05) is 142 Å². The smallest absolute Gasteiger partial charge is 0.00648 e. The molecule has 5 aromatic carbocycles. The molecule has 0 amide bonds. The van der Waals surface area contributed by atoms with Crippen molar-refractivity contribution in [3.8, 4) is 22.3 Å². The Kier molecular flexibility index (Phi) is 7.95. The minimum Gasteiger partial charge on any atom is -0.0622 e. The van der Waals surface area contributed by atoms with Crippen LogP contribution in [0.3, 0.4) is 0 Å². The summed E-state index contributed by atoms with van der Waals surface area (Å²) >= 11 is 0. The predicted molar refractivity (Wildman–Crippen MR) is 171 cm³/mol. The van der Waals surface area contributed by atoms with Gasteiger partial charge in [-0.15, -0.1) is 0 Å². The van der Waals surface area contributed by atoms with E-state index in [4.69, 9.17) is 0 Å². The maximum absolute atomic E-state index is 3.60. The average Bonchev–Trinajstić information content (AvgIpc) is 2.93. The molecule has 0 saturated carbocycles. The fourth-order valence-electron chi connectivity index (χ4n) is 5.09. The van der Waals surface area contributed by atoms with Gasteiger partial charge in [0.1, 0.15) is 0 Å². The van der Waals surface area contributed by atoms with Crippen molar-refractivity contribution in [2.75, 3.05) is 0 Å². The zero-order valence-electron chi connectivity index (χ0n) is 22.9. The Balaban J connectivity index is 1.72. The highest BCUT2D eigenvalue weighted by atomic mass is 32.1. The van der Waals surface area contributed by atoms with E-state index >= 15 is 0 Å². The van der Waals surface area contributed by atoms with Crippen LogP contribution in [-0.2, 0) is 0 Å². The fraction of sp³-hybridized carbons (Fsp3) is 0.167. The van der Waals surface area contributed by atoms with Crippen LogP contribution in [0.1, 0.15) is 31.9 Å². The molecule has 1 radical (unpaired) electrons. The Morgan fingerprint density at radius 2 is 1.13 bits per heavy atom. The molecule has 2 atom stereocenters. The van der Waals surface area contributed by atoms with E-state index in [1.807, 2.05) is 0 Å². The quantitative estimate of drug-likeness (QED) is 0.192. The van der Waals surface area contributed by atoms with Gasteiger partial charge >= 0.3 is 0 Å². The molecule has 5 rings (SSSR count). The Hall–Kier alpha value is -3.04. The summed E-state index contributed by atoms with van der Waals surface area (Å²) in [6.07, 6.45) is 0. The summed E-state index contributed by atoms with van der Waals surface area (Å²) in [6, 6.07) is 48.2.